The molecule has 4 nitrogen and oxygen atoms in total. The Morgan fingerprint density at radius 1 is 1.47 bits per heavy atom. The van der Waals surface area contributed by atoms with Crippen LogP contribution in [0, 0.1) is 0 Å². The first-order valence-corrected chi connectivity index (χ1v) is 7.46. The fraction of sp³-hybridized carbons (Fsp3) is 0.455. The van der Waals surface area contributed by atoms with Crippen LogP contribution in [0.4, 0.5) is 0 Å². The molecule has 0 radical (unpaired) electrons. The van der Waals surface area contributed by atoms with Crippen LogP contribution in [0.3, 0.4) is 0 Å². The van der Waals surface area contributed by atoms with E-state index >= 15 is 0 Å². The van der Waals surface area contributed by atoms with Crippen molar-refractivity contribution in [3.05, 3.63) is 28.8 Å². The lowest BCUT2D eigenvalue weighted by Gasteiger charge is -2.14. The zero-order chi connectivity index (χ0) is 12.5. The highest BCUT2D eigenvalue weighted by atomic mass is 35.5. The molecule has 0 aliphatic carbocycles. The van der Waals surface area contributed by atoms with Crippen molar-refractivity contribution in [2.75, 3.05) is 12.9 Å². The molecule has 0 spiro atoms. The molecule has 1 fully saturated rings. The monoisotopic (exact) mass is 276 g/mol. The standard InChI is InChI=1S/C11H13ClO4S/c1-17(13,14)16-11-7-8(12)4-5-9(11)10-3-2-6-15-10/h4-5,7,10H,2-3,6H2,1H3. The third-order valence-corrected chi connectivity index (χ3v) is 3.21. The first-order chi connectivity index (χ1) is 7.96. The maximum atomic E-state index is 11.2. The summed E-state index contributed by atoms with van der Waals surface area (Å²) in [6.45, 7) is 0.686. The molecule has 1 aliphatic rings. The molecule has 0 bridgehead atoms. The molecule has 1 aliphatic heterocycles. The SMILES string of the molecule is CS(=O)(=O)Oc1cc(Cl)ccc1C1CCCO1. The molecular formula is C11H13ClO4S. The highest BCUT2D eigenvalue weighted by molar-refractivity contribution is 7.86. The molecule has 0 saturated carbocycles. The molecule has 1 aromatic carbocycles. The van der Waals surface area contributed by atoms with Crippen LogP contribution in [0.25, 0.3) is 0 Å². The topological polar surface area (TPSA) is 52.6 Å². The molecule has 1 atom stereocenters. The van der Waals surface area contributed by atoms with Gasteiger partial charge in [-0.05, 0) is 18.9 Å². The van der Waals surface area contributed by atoms with Gasteiger partial charge in [0.15, 0.2) is 0 Å². The minimum atomic E-state index is -3.56. The second-order valence-corrected chi connectivity index (χ2v) is 5.98. The fourth-order valence-electron chi connectivity index (χ4n) is 1.83. The Labute approximate surface area is 106 Å². The van der Waals surface area contributed by atoms with Gasteiger partial charge < -0.3 is 8.92 Å². The minimum absolute atomic E-state index is 0.107. The molecule has 0 N–H and O–H groups in total. The molecular weight excluding hydrogens is 264 g/mol. The number of hydrogen-bond donors (Lipinski definition) is 0. The van der Waals surface area contributed by atoms with Gasteiger partial charge in [0.05, 0.1) is 12.4 Å². The van der Waals surface area contributed by atoms with Gasteiger partial charge in [-0.3, -0.25) is 0 Å². The van der Waals surface area contributed by atoms with Crippen molar-refractivity contribution in [3.63, 3.8) is 0 Å². The van der Waals surface area contributed by atoms with E-state index in [0.717, 1.165) is 24.7 Å². The fourth-order valence-corrected chi connectivity index (χ4v) is 2.46. The van der Waals surface area contributed by atoms with Crippen molar-refractivity contribution in [2.24, 2.45) is 0 Å². The number of benzene rings is 1. The van der Waals surface area contributed by atoms with Crippen LogP contribution in [0.2, 0.25) is 5.02 Å². The summed E-state index contributed by atoms with van der Waals surface area (Å²) in [7, 11) is -3.56. The molecule has 6 heteroatoms. The van der Waals surface area contributed by atoms with Crippen molar-refractivity contribution in [1.29, 1.82) is 0 Å². The second kappa shape index (κ2) is 4.84. The van der Waals surface area contributed by atoms with Gasteiger partial charge in [0.2, 0.25) is 0 Å². The van der Waals surface area contributed by atoms with Crippen LogP contribution in [0.1, 0.15) is 24.5 Å². The van der Waals surface area contributed by atoms with E-state index in [1.54, 1.807) is 12.1 Å². The summed E-state index contributed by atoms with van der Waals surface area (Å²) >= 11 is 5.84. The third-order valence-electron chi connectivity index (χ3n) is 2.49. The molecule has 17 heavy (non-hydrogen) atoms. The summed E-state index contributed by atoms with van der Waals surface area (Å²) in [5, 5.41) is 0.436. The van der Waals surface area contributed by atoms with Crippen molar-refractivity contribution >= 4 is 21.7 Å². The van der Waals surface area contributed by atoms with Gasteiger partial charge in [0, 0.05) is 23.3 Å². The summed E-state index contributed by atoms with van der Waals surface area (Å²) in [6.07, 6.45) is 2.73. The maximum absolute atomic E-state index is 11.2. The summed E-state index contributed by atoms with van der Waals surface area (Å²) in [5.74, 6) is 0.256. The maximum Gasteiger partial charge on any atom is 0.306 e. The first-order valence-electron chi connectivity index (χ1n) is 5.26. The minimum Gasteiger partial charge on any atom is -0.382 e. The number of halogens is 1. The summed E-state index contributed by atoms with van der Waals surface area (Å²) in [5.41, 5.74) is 0.734. The van der Waals surface area contributed by atoms with Gasteiger partial charge in [0.1, 0.15) is 5.75 Å². The van der Waals surface area contributed by atoms with Gasteiger partial charge in [0.25, 0.3) is 0 Å². The Bertz CT molecular complexity index is 506. The molecule has 1 heterocycles. The normalized spacial score (nSPS) is 20.5. The van der Waals surface area contributed by atoms with E-state index < -0.39 is 10.1 Å². The zero-order valence-corrected chi connectivity index (χ0v) is 10.9. The molecule has 94 valence electrons. The van der Waals surface area contributed by atoms with E-state index in [1.165, 1.54) is 6.07 Å². The molecule has 1 unspecified atom stereocenters. The lowest BCUT2D eigenvalue weighted by atomic mass is 10.1. The lowest BCUT2D eigenvalue weighted by molar-refractivity contribution is 0.110. The molecule has 0 amide bonds. The average Bonchev–Trinajstić information content (AvgIpc) is 2.68. The highest BCUT2D eigenvalue weighted by Crippen LogP contribution is 2.36. The summed E-state index contributed by atoms with van der Waals surface area (Å²) < 4.78 is 32.8. The van der Waals surface area contributed by atoms with Gasteiger partial charge >= 0.3 is 10.1 Å². The van der Waals surface area contributed by atoms with Crippen molar-refractivity contribution in [1.82, 2.24) is 0 Å². The van der Waals surface area contributed by atoms with E-state index in [2.05, 4.69) is 0 Å². The molecule has 0 aromatic heterocycles. The molecule has 1 saturated heterocycles. The van der Waals surface area contributed by atoms with Crippen LogP contribution < -0.4 is 4.18 Å². The second-order valence-electron chi connectivity index (χ2n) is 3.97. The Balaban J connectivity index is 2.36. The van der Waals surface area contributed by atoms with Gasteiger partial charge in [-0.15, -0.1) is 0 Å². The smallest absolute Gasteiger partial charge is 0.306 e. The van der Waals surface area contributed by atoms with E-state index in [9.17, 15) is 8.42 Å². The van der Waals surface area contributed by atoms with Crippen LogP contribution in [-0.4, -0.2) is 21.3 Å². The van der Waals surface area contributed by atoms with Gasteiger partial charge in [-0.25, -0.2) is 0 Å². The van der Waals surface area contributed by atoms with E-state index in [1.807, 2.05) is 0 Å². The highest BCUT2D eigenvalue weighted by Gasteiger charge is 2.23. The molecule has 1 aromatic rings. The van der Waals surface area contributed by atoms with Gasteiger partial charge in [-0.2, -0.15) is 8.42 Å². The third kappa shape index (κ3) is 3.34. The van der Waals surface area contributed by atoms with E-state index in [-0.39, 0.29) is 11.9 Å². The Kier molecular flexibility index (Phi) is 3.61. The van der Waals surface area contributed by atoms with Crippen LogP contribution in [0.5, 0.6) is 5.75 Å². The van der Waals surface area contributed by atoms with Crippen LogP contribution >= 0.6 is 11.6 Å². The quantitative estimate of drug-likeness (QED) is 0.796. The van der Waals surface area contributed by atoms with Crippen LogP contribution in [0.15, 0.2) is 18.2 Å². The number of ether oxygens (including phenoxy) is 1. The van der Waals surface area contributed by atoms with Crippen molar-refractivity contribution in [2.45, 2.75) is 18.9 Å². The zero-order valence-electron chi connectivity index (χ0n) is 9.35. The van der Waals surface area contributed by atoms with Crippen LogP contribution in [-0.2, 0) is 14.9 Å². The Morgan fingerprint density at radius 3 is 2.82 bits per heavy atom. The summed E-state index contributed by atoms with van der Waals surface area (Å²) in [4.78, 5) is 0. The van der Waals surface area contributed by atoms with Gasteiger partial charge in [-0.1, -0.05) is 17.7 Å². The predicted octanol–water partition coefficient (Wildman–Crippen LogP) is 2.53. The molecule has 2 rings (SSSR count). The number of rotatable bonds is 3. The van der Waals surface area contributed by atoms with E-state index in [4.69, 9.17) is 20.5 Å². The average molecular weight is 277 g/mol. The largest absolute Gasteiger partial charge is 0.382 e. The Morgan fingerprint density at radius 2 is 2.24 bits per heavy atom. The van der Waals surface area contributed by atoms with Crippen molar-refractivity contribution in [3.8, 4) is 5.75 Å². The van der Waals surface area contributed by atoms with Crippen molar-refractivity contribution < 1.29 is 17.3 Å². The lowest BCUT2D eigenvalue weighted by Crippen LogP contribution is -2.09. The summed E-state index contributed by atoms with van der Waals surface area (Å²) in [6, 6.07) is 4.95. The number of hydrogen-bond acceptors (Lipinski definition) is 4. The Hall–Kier alpha value is -0.780. The van der Waals surface area contributed by atoms with E-state index in [0.29, 0.717) is 11.6 Å². The first kappa shape index (κ1) is 12.7. The predicted molar refractivity (Wildman–Crippen MR) is 64.9 cm³/mol.